The molecule has 8 fully saturated rings. The van der Waals surface area contributed by atoms with Crippen LogP contribution >= 0.6 is 0 Å². The molecular weight excluding hydrogens is 272 g/mol. The lowest BCUT2D eigenvalue weighted by Gasteiger charge is -2.60. The molecule has 8 rings (SSSR count). The molecule has 0 aromatic carbocycles. The molecule has 7 saturated carbocycles. The smallest absolute Gasteiger partial charge is 0.313 e. The Morgan fingerprint density at radius 2 is 1.38 bits per heavy atom. The van der Waals surface area contributed by atoms with E-state index in [9.17, 15) is 9.59 Å². The molecule has 0 aromatic heterocycles. The standard InChI is InChI=1S/C16H16O5/c1-19-11(17)13-7-4-8-14(13,12(18)20-2)10-6-3-5(9(10)13)15(7)16(6,8)21-15/h5-10H,3-4H2,1-2H3/t5-,6+,7-,8-,9-,10+,13+,14+,15-,16-/m1/s1. The van der Waals surface area contributed by atoms with Crippen LogP contribution in [0.2, 0.25) is 0 Å². The van der Waals surface area contributed by atoms with Gasteiger partial charge in [0.05, 0.1) is 25.0 Å². The zero-order valence-electron chi connectivity index (χ0n) is 11.9. The first kappa shape index (κ1) is 10.6. The van der Waals surface area contributed by atoms with Gasteiger partial charge in [-0.25, -0.2) is 0 Å². The number of esters is 2. The number of carbonyl (C=O) groups excluding carboxylic acids is 2. The number of rotatable bonds is 2. The Kier molecular flexibility index (Phi) is 1.13. The fraction of sp³-hybridized carbons (Fsp3) is 0.875. The van der Waals surface area contributed by atoms with Crippen LogP contribution in [-0.4, -0.2) is 37.4 Å². The van der Waals surface area contributed by atoms with Gasteiger partial charge in [-0.05, 0) is 36.5 Å². The van der Waals surface area contributed by atoms with E-state index in [1.807, 2.05) is 0 Å². The van der Waals surface area contributed by atoms with Crippen molar-refractivity contribution in [3.63, 3.8) is 0 Å². The summed E-state index contributed by atoms with van der Waals surface area (Å²) in [6.45, 7) is 0. The Balaban J connectivity index is 1.62. The van der Waals surface area contributed by atoms with Crippen molar-refractivity contribution < 1.29 is 23.8 Å². The average Bonchev–Trinajstić information content (AvgIpc) is 2.69. The lowest BCUT2D eigenvalue weighted by molar-refractivity contribution is -0.226. The molecule has 1 saturated heterocycles. The third-order valence-corrected chi connectivity index (χ3v) is 9.16. The van der Waals surface area contributed by atoms with Gasteiger partial charge in [0.1, 0.15) is 11.2 Å². The number of carbonyl (C=O) groups is 2. The van der Waals surface area contributed by atoms with Gasteiger partial charge in [-0.15, -0.1) is 0 Å². The molecule has 5 nitrogen and oxygen atoms in total. The molecule has 1 aliphatic heterocycles. The van der Waals surface area contributed by atoms with Crippen LogP contribution in [0.15, 0.2) is 0 Å². The lowest BCUT2D eigenvalue weighted by atomic mass is 9.39. The summed E-state index contributed by atoms with van der Waals surface area (Å²) in [6.07, 6.45) is 2.12. The van der Waals surface area contributed by atoms with E-state index in [-0.39, 0.29) is 35.0 Å². The van der Waals surface area contributed by atoms with E-state index in [2.05, 4.69) is 0 Å². The quantitative estimate of drug-likeness (QED) is 0.542. The van der Waals surface area contributed by atoms with E-state index >= 15 is 0 Å². The summed E-state index contributed by atoms with van der Waals surface area (Å²) in [5.74, 6) is 1.64. The lowest BCUT2D eigenvalue weighted by Crippen LogP contribution is -2.70. The van der Waals surface area contributed by atoms with Crippen LogP contribution in [0.4, 0.5) is 0 Å². The van der Waals surface area contributed by atoms with Crippen LogP contribution < -0.4 is 0 Å². The van der Waals surface area contributed by atoms with Crippen LogP contribution in [0, 0.1) is 46.3 Å². The highest BCUT2D eigenvalue weighted by atomic mass is 16.6. The van der Waals surface area contributed by atoms with Gasteiger partial charge in [0.25, 0.3) is 0 Å². The minimum Gasteiger partial charge on any atom is -0.469 e. The van der Waals surface area contributed by atoms with Crippen molar-refractivity contribution in [1.82, 2.24) is 0 Å². The molecule has 21 heavy (non-hydrogen) atoms. The Bertz CT molecular complexity index is 647. The number of methoxy groups -OCH3 is 2. The highest BCUT2D eigenvalue weighted by Crippen LogP contribution is 3.07. The zero-order chi connectivity index (χ0) is 14.2. The van der Waals surface area contributed by atoms with E-state index < -0.39 is 10.8 Å². The maximum Gasteiger partial charge on any atom is 0.313 e. The maximum absolute atomic E-state index is 12.9. The van der Waals surface area contributed by atoms with Crippen molar-refractivity contribution in [2.24, 2.45) is 46.3 Å². The molecule has 0 N–H and O–H groups in total. The van der Waals surface area contributed by atoms with Crippen molar-refractivity contribution in [3.8, 4) is 0 Å². The summed E-state index contributed by atoms with van der Waals surface area (Å²) >= 11 is 0. The third kappa shape index (κ3) is 0.491. The Morgan fingerprint density at radius 3 is 1.81 bits per heavy atom. The van der Waals surface area contributed by atoms with Crippen molar-refractivity contribution in [2.75, 3.05) is 14.2 Å². The summed E-state index contributed by atoms with van der Waals surface area (Å²) in [7, 11) is 2.91. The van der Waals surface area contributed by atoms with Crippen LogP contribution in [0.1, 0.15) is 12.8 Å². The van der Waals surface area contributed by atoms with Crippen LogP contribution in [-0.2, 0) is 23.8 Å². The van der Waals surface area contributed by atoms with Crippen LogP contribution in [0.3, 0.4) is 0 Å². The van der Waals surface area contributed by atoms with E-state index in [0.717, 1.165) is 12.8 Å². The number of hydrogen-bond acceptors (Lipinski definition) is 5. The predicted molar refractivity (Wildman–Crippen MR) is 65.6 cm³/mol. The first-order valence-electron chi connectivity index (χ1n) is 7.98. The Hall–Kier alpha value is -1.10. The van der Waals surface area contributed by atoms with Gasteiger partial charge in [0.15, 0.2) is 0 Å². The van der Waals surface area contributed by atoms with Crippen LogP contribution in [0.5, 0.6) is 0 Å². The van der Waals surface area contributed by atoms with E-state index in [0.29, 0.717) is 23.7 Å². The largest absolute Gasteiger partial charge is 0.469 e. The molecule has 0 unspecified atom stereocenters. The van der Waals surface area contributed by atoms with Gasteiger partial charge < -0.3 is 14.2 Å². The van der Waals surface area contributed by atoms with Crippen molar-refractivity contribution >= 4 is 11.9 Å². The second kappa shape index (κ2) is 2.25. The van der Waals surface area contributed by atoms with Crippen LogP contribution in [0.25, 0.3) is 0 Å². The van der Waals surface area contributed by atoms with Gasteiger partial charge in [0, 0.05) is 11.8 Å². The minimum absolute atomic E-state index is 0.0638. The molecule has 10 atom stereocenters. The summed E-state index contributed by atoms with van der Waals surface area (Å²) in [6, 6.07) is 0. The summed E-state index contributed by atoms with van der Waals surface area (Å²) in [5.41, 5.74) is -1.38. The van der Waals surface area contributed by atoms with Crippen molar-refractivity contribution in [1.29, 1.82) is 0 Å². The molecular formula is C16H16O5. The van der Waals surface area contributed by atoms with Gasteiger partial charge >= 0.3 is 11.9 Å². The molecule has 0 radical (unpaired) electrons. The maximum atomic E-state index is 12.9. The average molecular weight is 288 g/mol. The monoisotopic (exact) mass is 288 g/mol. The molecule has 2 spiro atoms. The zero-order valence-corrected chi connectivity index (χ0v) is 11.9. The number of ether oxygens (including phenoxy) is 3. The second-order valence-corrected chi connectivity index (χ2v) is 8.25. The molecule has 8 aliphatic rings. The summed E-state index contributed by atoms with van der Waals surface area (Å²) in [5, 5.41) is 0. The topological polar surface area (TPSA) is 65.1 Å². The highest BCUT2D eigenvalue weighted by Gasteiger charge is 3.16. The van der Waals surface area contributed by atoms with Crippen molar-refractivity contribution in [2.45, 2.75) is 24.0 Å². The Morgan fingerprint density at radius 1 is 0.905 bits per heavy atom. The summed E-state index contributed by atoms with van der Waals surface area (Å²) < 4.78 is 16.8. The fourth-order valence-corrected chi connectivity index (χ4v) is 9.70. The van der Waals surface area contributed by atoms with Gasteiger partial charge in [-0.2, -0.15) is 0 Å². The number of epoxide rings is 1. The van der Waals surface area contributed by atoms with Gasteiger partial charge in [-0.3, -0.25) is 9.59 Å². The van der Waals surface area contributed by atoms with Gasteiger partial charge in [0.2, 0.25) is 0 Å². The molecule has 0 aromatic rings. The molecule has 7 aliphatic carbocycles. The van der Waals surface area contributed by atoms with Crippen molar-refractivity contribution in [3.05, 3.63) is 0 Å². The highest BCUT2D eigenvalue weighted by molar-refractivity contribution is 5.98. The second-order valence-electron chi connectivity index (χ2n) is 8.25. The molecule has 1 heterocycles. The molecule has 110 valence electrons. The SMILES string of the molecule is COC(=O)[C@@]12[C@H]3[C@@H]4[C@@H]5C[C@H]3[C@]36O[C@@]53[C@H](C[C@@H]61)[C@@]42C(=O)OC. The van der Waals surface area contributed by atoms with E-state index in [1.54, 1.807) is 0 Å². The summed E-state index contributed by atoms with van der Waals surface area (Å²) in [4.78, 5) is 25.7. The normalized spacial score (nSPS) is 73.8. The Labute approximate surface area is 121 Å². The first-order chi connectivity index (χ1) is 10.1. The minimum atomic E-state index is -0.625. The van der Waals surface area contributed by atoms with Gasteiger partial charge in [-0.1, -0.05) is 0 Å². The fourth-order valence-electron chi connectivity index (χ4n) is 9.70. The third-order valence-electron chi connectivity index (χ3n) is 9.16. The predicted octanol–water partition coefficient (Wildman–Crippen LogP) is 0.372. The molecule has 0 amide bonds. The number of hydrogen-bond donors (Lipinski definition) is 0. The van der Waals surface area contributed by atoms with E-state index in [4.69, 9.17) is 14.2 Å². The molecule has 5 heteroatoms. The first-order valence-corrected chi connectivity index (χ1v) is 7.98. The molecule has 4 bridgehead atoms. The van der Waals surface area contributed by atoms with E-state index in [1.165, 1.54) is 14.2 Å².